The molecule has 22 heavy (non-hydrogen) atoms. The summed E-state index contributed by atoms with van der Waals surface area (Å²) in [5.41, 5.74) is 2.19. The van der Waals surface area contributed by atoms with Gasteiger partial charge >= 0.3 is 0 Å². The van der Waals surface area contributed by atoms with Crippen LogP contribution in [0, 0.1) is 6.92 Å². The van der Waals surface area contributed by atoms with Crippen molar-refractivity contribution in [3.05, 3.63) is 39.8 Å². The maximum atomic E-state index is 12.8. The molecule has 0 saturated carbocycles. The third kappa shape index (κ3) is 2.94. The van der Waals surface area contributed by atoms with Gasteiger partial charge in [-0.2, -0.15) is 5.10 Å². The third-order valence-corrected chi connectivity index (χ3v) is 5.14. The van der Waals surface area contributed by atoms with Gasteiger partial charge in [-0.3, -0.25) is 9.48 Å². The van der Waals surface area contributed by atoms with E-state index in [0.29, 0.717) is 6.54 Å². The summed E-state index contributed by atoms with van der Waals surface area (Å²) in [5, 5.41) is 6.44. The molecule has 118 valence electrons. The number of nitrogens with zero attached hydrogens (tertiary/aromatic N) is 4. The van der Waals surface area contributed by atoms with Gasteiger partial charge in [-0.25, -0.2) is 0 Å². The summed E-state index contributed by atoms with van der Waals surface area (Å²) in [6.45, 7) is 4.37. The Hall–Kier alpha value is -1.66. The summed E-state index contributed by atoms with van der Waals surface area (Å²) >= 11 is 1.53. The molecule has 1 atom stereocenters. The number of carbonyl (C=O) groups excluding carboxylic acids is 1. The second-order valence-corrected chi connectivity index (χ2v) is 7.05. The Morgan fingerprint density at radius 2 is 2.27 bits per heavy atom. The zero-order valence-corrected chi connectivity index (χ0v) is 14.1. The number of thiophene rings is 1. The highest BCUT2D eigenvalue weighted by atomic mass is 32.1. The molecule has 3 heterocycles. The highest BCUT2D eigenvalue weighted by Crippen LogP contribution is 2.26. The zero-order valence-electron chi connectivity index (χ0n) is 13.3. The zero-order chi connectivity index (χ0) is 15.7. The summed E-state index contributed by atoms with van der Waals surface area (Å²) in [7, 11) is 4.15. The number of hydrogen-bond donors (Lipinski definition) is 0. The molecule has 2 aromatic heterocycles. The first-order valence-corrected chi connectivity index (χ1v) is 8.44. The molecule has 0 aromatic carbocycles. The normalized spacial score (nSPS) is 17.8. The van der Waals surface area contributed by atoms with Crippen molar-refractivity contribution in [3.8, 4) is 0 Å². The fourth-order valence-electron chi connectivity index (χ4n) is 2.90. The Bertz CT molecular complexity index is 661. The van der Waals surface area contributed by atoms with Crippen LogP contribution in [-0.2, 0) is 6.54 Å². The van der Waals surface area contributed by atoms with Crippen LogP contribution in [0.2, 0.25) is 0 Å². The van der Waals surface area contributed by atoms with Gasteiger partial charge in [-0.1, -0.05) is 0 Å². The smallest absolute Gasteiger partial charge is 0.264 e. The van der Waals surface area contributed by atoms with Gasteiger partial charge in [0.25, 0.3) is 5.91 Å². The van der Waals surface area contributed by atoms with E-state index in [1.807, 2.05) is 35.5 Å². The van der Waals surface area contributed by atoms with Crippen LogP contribution in [0.4, 0.5) is 0 Å². The van der Waals surface area contributed by atoms with E-state index in [1.165, 1.54) is 11.3 Å². The Labute approximate surface area is 135 Å². The van der Waals surface area contributed by atoms with Crippen LogP contribution in [0.5, 0.6) is 0 Å². The average Bonchev–Trinajstić information content (AvgIpc) is 3.12. The van der Waals surface area contributed by atoms with Crippen LogP contribution in [0.25, 0.3) is 0 Å². The van der Waals surface area contributed by atoms with Gasteiger partial charge in [0.15, 0.2) is 0 Å². The molecular formula is C16H22N4OS. The summed E-state index contributed by atoms with van der Waals surface area (Å²) in [4.78, 5) is 17.8. The number of aromatic nitrogens is 2. The maximum absolute atomic E-state index is 12.8. The highest BCUT2D eigenvalue weighted by Gasteiger charge is 2.29. The molecule has 0 saturated heterocycles. The molecule has 1 amide bonds. The number of carbonyl (C=O) groups is 1. The number of amides is 1. The molecule has 0 fully saturated rings. The lowest BCUT2D eigenvalue weighted by Crippen LogP contribution is -2.42. The highest BCUT2D eigenvalue weighted by molar-refractivity contribution is 7.12. The predicted octanol–water partition coefficient (Wildman–Crippen LogP) is 2.40. The maximum Gasteiger partial charge on any atom is 0.264 e. The van der Waals surface area contributed by atoms with Gasteiger partial charge in [0.2, 0.25) is 0 Å². The van der Waals surface area contributed by atoms with Crippen molar-refractivity contribution in [3.63, 3.8) is 0 Å². The van der Waals surface area contributed by atoms with Crippen molar-refractivity contribution in [1.29, 1.82) is 0 Å². The van der Waals surface area contributed by atoms with E-state index >= 15 is 0 Å². The van der Waals surface area contributed by atoms with E-state index in [4.69, 9.17) is 0 Å². The molecule has 1 aliphatic rings. The van der Waals surface area contributed by atoms with Gasteiger partial charge in [0.05, 0.1) is 23.2 Å². The van der Waals surface area contributed by atoms with Crippen molar-refractivity contribution in [2.45, 2.75) is 25.9 Å². The molecule has 6 heteroatoms. The SMILES string of the molecule is Cc1ccsc1C(=O)N1Cc2ccnn2[C@@H](CCN(C)C)C1. The molecule has 1 aliphatic heterocycles. The first-order chi connectivity index (χ1) is 10.6. The average molecular weight is 318 g/mol. The van der Waals surface area contributed by atoms with E-state index < -0.39 is 0 Å². The quantitative estimate of drug-likeness (QED) is 0.869. The molecule has 0 radical (unpaired) electrons. The first kappa shape index (κ1) is 15.2. The lowest BCUT2D eigenvalue weighted by Gasteiger charge is -2.34. The second kappa shape index (κ2) is 6.22. The Morgan fingerprint density at radius 3 is 2.95 bits per heavy atom. The molecule has 0 spiro atoms. The minimum Gasteiger partial charge on any atom is -0.330 e. The number of rotatable bonds is 4. The van der Waals surface area contributed by atoms with Crippen LogP contribution in [0.3, 0.4) is 0 Å². The van der Waals surface area contributed by atoms with Gasteiger partial charge in [0.1, 0.15) is 0 Å². The van der Waals surface area contributed by atoms with E-state index in [0.717, 1.165) is 35.6 Å². The van der Waals surface area contributed by atoms with Crippen molar-refractivity contribution in [1.82, 2.24) is 19.6 Å². The molecule has 0 N–H and O–H groups in total. The van der Waals surface area contributed by atoms with Crippen molar-refractivity contribution in [2.75, 3.05) is 27.2 Å². The fourth-order valence-corrected chi connectivity index (χ4v) is 3.79. The van der Waals surface area contributed by atoms with Crippen molar-refractivity contribution < 1.29 is 4.79 Å². The lowest BCUT2D eigenvalue weighted by atomic mass is 10.1. The van der Waals surface area contributed by atoms with E-state index in [9.17, 15) is 4.79 Å². The number of hydrogen-bond acceptors (Lipinski definition) is 4. The third-order valence-electron chi connectivity index (χ3n) is 4.14. The summed E-state index contributed by atoms with van der Waals surface area (Å²) in [6, 6.07) is 4.28. The summed E-state index contributed by atoms with van der Waals surface area (Å²) in [5.74, 6) is 0.148. The molecule has 2 aromatic rings. The van der Waals surface area contributed by atoms with Crippen LogP contribution < -0.4 is 0 Å². The topological polar surface area (TPSA) is 41.4 Å². The predicted molar refractivity (Wildman–Crippen MR) is 88.2 cm³/mol. The fraction of sp³-hybridized carbons (Fsp3) is 0.500. The molecular weight excluding hydrogens is 296 g/mol. The van der Waals surface area contributed by atoms with E-state index in [-0.39, 0.29) is 11.9 Å². The monoisotopic (exact) mass is 318 g/mol. The van der Waals surface area contributed by atoms with Crippen LogP contribution in [0.1, 0.15) is 33.4 Å². The van der Waals surface area contributed by atoms with Crippen molar-refractivity contribution in [2.24, 2.45) is 0 Å². The summed E-state index contributed by atoms with van der Waals surface area (Å²) < 4.78 is 2.09. The summed E-state index contributed by atoms with van der Waals surface area (Å²) in [6.07, 6.45) is 2.83. The molecule has 3 rings (SSSR count). The van der Waals surface area contributed by atoms with Gasteiger partial charge in [0, 0.05) is 12.7 Å². The number of fused-ring (bicyclic) bond motifs is 1. The van der Waals surface area contributed by atoms with Gasteiger partial charge in [-0.15, -0.1) is 11.3 Å². The van der Waals surface area contributed by atoms with E-state index in [2.05, 4.69) is 28.8 Å². The standard InChI is InChI=1S/C16H22N4OS/c1-12-6-9-22-15(12)16(21)19-10-13-4-7-17-20(13)14(11-19)5-8-18(2)3/h4,6-7,9,14H,5,8,10-11H2,1-3H3/t14-/m0/s1. The van der Waals surface area contributed by atoms with Crippen molar-refractivity contribution >= 4 is 17.2 Å². The van der Waals surface area contributed by atoms with Crippen LogP contribution in [-0.4, -0.2) is 52.7 Å². The molecule has 0 bridgehead atoms. The lowest BCUT2D eigenvalue weighted by molar-refractivity contribution is 0.0664. The molecule has 0 aliphatic carbocycles. The largest absolute Gasteiger partial charge is 0.330 e. The Kier molecular flexibility index (Phi) is 4.31. The van der Waals surface area contributed by atoms with Gasteiger partial charge < -0.3 is 9.80 Å². The van der Waals surface area contributed by atoms with Crippen LogP contribution in [0.15, 0.2) is 23.7 Å². The van der Waals surface area contributed by atoms with E-state index in [1.54, 1.807) is 0 Å². The molecule has 0 unspecified atom stereocenters. The Balaban J connectivity index is 1.80. The molecule has 5 nitrogen and oxygen atoms in total. The Morgan fingerprint density at radius 1 is 1.45 bits per heavy atom. The minimum absolute atomic E-state index is 0.148. The van der Waals surface area contributed by atoms with Gasteiger partial charge in [-0.05, 0) is 57.1 Å². The first-order valence-electron chi connectivity index (χ1n) is 7.56. The minimum atomic E-state index is 0.148. The second-order valence-electron chi connectivity index (χ2n) is 6.13. The number of aryl methyl sites for hydroxylation is 1. The van der Waals surface area contributed by atoms with Crippen LogP contribution >= 0.6 is 11.3 Å².